The average Bonchev–Trinajstić information content (AvgIpc) is 1.82. The minimum Gasteiger partial charge on any atom is -0.504 e. The number of ketones is 1. The van der Waals surface area contributed by atoms with Gasteiger partial charge in [0.2, 0.25) is 0 Å². The van der Waals surface area contributed by atoms with E-state index in [4.69, 9.17) is 0 Å². The van der Waals surface area contributed by atoms with Crippen LogP contribution in [0.15, 0.2) is 12.3 Å². The molecule has 0 unspecified atom stereocenters. The number of ether oxygens (including phenoxy) is 1. The monoisotopic (exact) mass is 142 g/mol. The fourth-order valence-corrected chi connectivity index (χ4v) is 0.614. The first kappa shape index (κ1) is 9.21. The Morgan fingerprint density at radius 3 is 2.60 bits per heavy atom. The van der Waals surface area contributed by atoms with E-state index in [1.54, 1.807) is 0 Å². The average molecular weight is 142 g/mol. The first-order valence-corrected chi connectivity index (χ1v) is 3.39. The minimum atomic E-state index is 0.122. The van der Waals surface area contributed by atoms with Gasteiger partial charge in [0.1, 0.15) is 0 Å². The van der Waals surface area contributed by atoms with Gasteiger partial charge in [0.25, 0.3) is 0 Å². The maximum Gasteiger partial charge on any atom is 0.158 e. The molecule has 0 aliphatic heterocycles. The van der Waals surface area contributed by atoms with Crippen molar-refractivity contribution in [2.45, 2.75) is 20.3 Å². The lowest BCUT2D eigenvalue weighted by Gasteiger charge is -1.97. The highest BCUT2D eigenvalue weighted by Gasteiger charge is 1.99. The summed E-state index contributed by atoms with van der Waals surface area (Å²) < 4.78 is 4.59. The summed E-state index contributed by atoms with van der Waals surface area (Å²) in [5, 5.41) is 0. The van der Waals surface area contributed by atoms with Crippen LogP contribution in [-0.2, 0) is 9.53 Å². The van der Waals surface area contributed by atoms with Gasteiger partial charge < -0.3 is 4.74 Å². The third kappa shape index (κ3) is 5.35. The van der Waals surface area contributed by atoms with E-state index in [-0.39, 0.29) is 5.78 Å². The van der Waals surface area contributed by atoms with E-state index in [0.717, 1.165) is 0 Å². The summed E-state index contributed by atoms with van der Waals surface area (Å²) in [6.45, 7) is 4.02. The molecule has 0 saturated heterocycles. The quantitative estimate of drug-likeness (QED) is 0.441. The zero-order chi connectivity index (χ0) is 7.98. The molecule has 0 saturated carbocycles. The predicted molar refractivity (Wildman–Crippen MR) is 40.6 cm³/mol. The molecule has 0 amide bonds. The molecular formula is C8H14O2. The van der Waals surface area contributed by atoms with Crippen molar-refractivity contribution in [2.75, 3.05) is 7.11 Å². The number of allylic oxidation sites excluding steroid dienone is 1. The van der Waals surface area contributed by atoms with Crippen LogP contribution < -0.4 is 0 Å². The molecule has 2 heteroatoms. The van der Waals surface area contributed by atoms with Crippen LogP contribution in [0.25, 0.3) is 0 Å². The van der Waals surface area contributed by atoms with Gasteiger partial charge in [0.05, 0.1) is 13.4 Å². The molecule has 0 aliphatic carbocycles. The van der Waals surface area contributed by atoms with Gasteiger partial charge in [-0.2, -0.15) is 0 Å². The van der Waals surface area contributed by atoms with E-state index in [9.17, 15) is 4.79 Å². The Bertz CT molecular complexity index is 125. The highest BCUT2D eigenvalue weighted by molar-refractivity contribution is 5.89. The van der Waals surface area contributed by atoms with Crippen molar-refractivity contribution >= 4 is 5.78 Å². The highest BCUT2D eigenvalue weighted by Crippen LogP contribution is 2.00. The Labute approximate surface area is 61.9 Å². The molecule has 0 N–H and O–H groups in total. The lowest BCUT2D eigenvalue weighted by atomic mass is 10.1. The Kier molecular flexibility index (Phi) is 4.63. The molecule has 0 aromatic rings. The fourth-order valence-electron chi connectivity index (χ4n) is 0.614. The molecular weight excluding hydrogens is 128 g/mol. The standard InChI is InChI=1S/C8H14O2/c1-7(2)6-8(9)4-5-10-3/h4-5,7H,6H2,1-3H3/b5-4+. The third-order valence-corrected chi connectivity index (χ3v) is 0.999. The van der Waals surface area contributed by atoms with Crippen molar-refractivity contribution in [2.24, 2.45) is 5.92 Å². The molecule has 0 bridgehead atoms. The molecule has 2 nitrogen and oxygen atoms in total. The van der Waals surface area contributed by atoms with Gasteiger partial charge in [-0.3, -0.25) is 4.79 Å². The maximum absolute atomic E-state index is 10.8. The summed E-state index contributed by atoms with van der Waals surface area (Å²) in [4.78, 5) is 10.8. The van der Waals surface area contributed by atoms with E-state index in [1.165, 1.54) is 19.4 Å². The van der Waals surface area contributed by atoms with Crippen molar-refractivity contribution in [3.8, 4) is 0 Å². The Hall–Kier alpha value is -0.790. The largest absolute Gasteiger partial charge is 0.504 e. The zero-order valence-electron chi connectivity index (χ0n) is 6.76. The van der Waals surface area contributed by atoms with Crippen molar-refractivity contribution in [1.82, 2.24) is 0 Å². The number of carbonyl (C=O) groups is 1. The van der Waals surface area contributed by atoms with Crippen molar-refractivity contribution in [1.29, 1.82) is 0 Å². The van der Waals surface area contributed by atoms with Gasteiger partial charge in [-0.1, -0.05) is 13.8 Å². The predicted octanol–water partition coefficient (Wildman–Crippen LogP) is 1.76. The number of hydrogen-bond acceptors (Lipinski definition) is 2. The molecule has 10 heavy (non-hydrogen) atoms. The molecule has 0 rings (SSSR count). The van der Waals surface area contributed by atoms with Crippen molar-refractivity contribution < 1.29 is 9.53 Å². The van der Waals surface area contributed by atoms with Crippen LogP contribution >= 0.6 is 0 Å². The first-order valence-electron chi connectivity index (χ1n) is 3.39. The SMILES string of the molecule is CO/C=C/C(=O)CC(C)C. The molecule has 0 atom stereocenters. The number of rotatable bonds is 4. The van der Waals surface area contributed by atoms with Crippen molar-refractivity contribution in [3.05, 3.63) is 12.3 Å². The van der Waals surface area contributed by atoms with Gasteiger partial charge in [-0.25, -0.2) is 0 Å². The number of methoxy groups -OCH3 is 1. The molecule has 0 aliphatic rings. The van der Waals surface area contributed by atoms with E-state index in [0.29, 0.717) is 12.3 Å². The molecule has 0 radical (unpaired) electrons. The molecule has 0 spiro atoms. The fraction of sp³-hybridized carbons (Fsp3) is 0.625. The second kappa shape index (κ2) is 5.03. The van der Waals surface area contributed by atoms with Gasteiger partial charge in [0.15, 0.2) is 5.78 Å². The van der Waals surface area contributed by atoms with Gasteiger partial charge in [-0.05, 0) is 5.92 Å². The Morgan fingerprint density at radius 2 is 2.20 bits per heavy atom. The number of carbonyl (C=O) groups excluding carboxylic acids is 1. The van der Waals surface area contributed by atoms with Crippen LogP contribution in [0.1, 0.15) is 20.3 Å². The topological polar surface area (TPSA) is 26.3 Å². The Balaban J connectivity index is 3.54. The summed E-state index contributed by atoms with van der Waals surface area (Å²) in [7, 11) is 1.53. The first-order chi connectivity index (χ1) is 4.66. The second-order valence-electron chi connectivity index (χ2n) is 2.60. The smallest absolute Gasteiger partial charge is 0.158 e. The number of hydrogen-bond donors (Lipinski definition) is 0. The lowest BCUT2D eigenvalue weighted by Crippen LogP contribution is -1.98. The molecule has 0 heterocycles. The summed E-state index contributed by atoms with van der Waals surface area (Å²) in [6.07, 6.45) is 3.46. The molecule has 58 valence electrons. The van der Waals surface area contributed by atoms with E-state index < -0.39 is 0 Å². The maximum atomic E-state index is 10.8. The summed E-state index contributed by atoms with van der Waals surface area (Å²) in [5.41, 5.74) is 0. The summed E-state index contributed by atoms with van der Waals surface area (Å²) in [6, 6.07) is 0. The molecule has 0 fully saturated rings. The zero-order valence-corrected chi connectivity index (χ0v) is 6.76. The van der Waals surface area contributed by atoms with E-state index in [2.05, 4.69) is 4.74 Å². The van der Waals surface area contributed by atoms with Gasteiger partial charge in [0, 0.05) is 12.5 Å². The summed E-state index contributed by atoms with van der Waals surface area (Å²) >= 11 is 0. The van der Waals surface area contributed by atoms with E-state index >= 15 is 0 Å². The summed E-state index contributed by atoms with van der Waals surface area (Å²) in [5.74, 6) is 0.547. The van der Waals surface area contributed by atoms with Gasteiger partial charge >= 0.3 is 0 Å². The van der Waals surface area contributed by atoms with Crippen LogP contribution in [0.3, 0.4) is 0 Å². The molecule has 0 aromatic carbocycles. The normalized spacial score (nSPS) is 10.8. The highest BCUT2D eigenvalue weighted by atomic mass is 16.5. The van der Waals surface area contributed by atoms with Crippen LogP contribution in [0.4, 0.5) is 0 Å². The van der Waals surface area contributed by atoms with Crippen LogP contribution in [0, 0.1) is 5.92 Å². The van der Waals surface area contributed by atoms with Crippen LogP contribution in [0.5, 0.6) is 0 Å². The second-order valence-corrected chi connectivity index (χ2v) is 2.60. The van der Waals surface area contributed by atoms with E-state index in [1.807, 2.05) is 13.8 Å². The van der Waals surface area contributed by atoms with Gasteiger partial charge in [-0.15, -0.1) is 0 Å². The van der Waals surface area contributed by atoms with Crippen LogP contribution in [-0.4, -0.2) is 12.9 Å². The molecule has 0 aromatic heterocycles. The van der Waals surface area contributed by atoms with Crippen molar-refractivity contribution in [3.63, 3.8) is 0 Å². The van der Waals surface area contributed by atoms with Crippen LogP contribution in [0.2, 0.25) is 0 Å². The lowest BCUT2D eigenvalue weighted by molar-refractivity contribution is -0.115. The minimum absolute atomic E-state index is 0.122. The Morgan fingerprint density at radius 1 is 1.60 bits per heavy atom. The third-order valence-electron chi connectivity index (χ3n) is 0.999.